The van der Waals surface area contributed by atoms with Crippen molar-refractivity contribution in [3.8, 4) is 11.5 Å². The number of rotatable bonds is 7. The summed E-state index contributed by atoms with van der Waals surface area (Å²) in [4.78, 5) is 21.8. The number of nitrogens with one attached hydrogen (secondary N) is 2. The first-order valence-corrected chi connectivity index (χ1v) is 9.57. The summed E-state index contributed by atoms with van der Waals surface area (Å²) in [5.74, 6) is 1.74. The summed E-state index contributed by atoms with van der Waals surface area (Å²) in [5, 5.41) is 7.02. The van der Waals surface area contributed by atoms with Gasteiger partial charge in [0, 0.05) is 18.5 Å². The van der Waals surface area contributed by atoms with Crippen LogP contribution in [-0.4, -0.2) is 42.4 Å². The average molecular weight is 398 g/mol. The Morgan fingerprint density at radius 1 is 1.11 bits per heavy atom. The van der Waals surface area contributed by atoms with Crippen molar-refractivity contribution in [1.82, 2.24) is 9.97 Å². The molecule has 0 radical (unpaired) electrons. The second-order valence-corrected chi connectivity index (χ2v) is 7.25. The van der Waals surface area contributed by atoms with Gasteiger partial charge in [0.2, 0.25) is 5.91 Å². The first-order valence-electron chi connectivity index (χ1n) is 8.69. The number of carbonyl (C=O) groups is 1. The minimum atomic E-state index is -0.415. The third kappa shape index (κ3) is 4.28. The summed E-state index contributed by atoms with van der Waals surface area (Å²) in [5.41, 5.74) is 1.38. The Morgan fingerprint density at radius 3 is 2.61 bits per heavy atom. The van der Waals surface area contributed by atoms with E-state index in [2.05, 4.69) is 20.6 Å². The van der Waals surface area contributed by atoms with E-state index in [1.165, 1.54) is 11.8 Å². The lowest BCUT2D eigenvalue weighted by atomic mass is 10.2. The van der Waals surface area contributed by atoms with Gasteiger partial charge < -0.3 is 20.1 Å². The molecule has 1 amide bonds. The van der Waals surface area contributed by atoms with Gasteiger partial charge in [0.25, 0.3) is 0 Å². The normalized spacial score (nSPS) is 11.7. The topological polar surface area (TPSA) is 85.4 Å². The fourth-order valence-corrected chi connectivity index (χ4v) is 3.43. The van der Waals surface area contributed by atoms with E-state index in [9.17, 15) is 4.79 Å². The molecule has 0 unspecified atom stereocenters. The molecule has 0 aliphatic heterocycles. The Morgan fingerprint density at radius 2 is 1.89 bits per heavy atom. The molecule has 7 nitrogen and oxygen atoms in total. The molecular formula is C20H22N4O3S. The summed E-state index contributed by atoms with van der Waals surface area (Å²) >= 11 is 1.29. The number of carbonyl (C=O) groups excluding carboxylic acids is 1. The van der Waals surface area contributed by atoms with Gasteiger partial charge in [-0.15, -0.1) is 0 Å². The van der Waals surface area contributed by atoms with Crippen molar-refractivity contribution in [2.24, 2.45) is 0 Å². The summed E-state index contributed by atoms with van der Waals surface area (Å²) in [6.45, 7) is 1.81. The first-order chi connectivity index (χ1) is 13.5. The van der Waals surface area contributed by atoms with E-state index in [1.54, 1.807) is 32.4 Å². The maximum Gasteiger partial charge on any atom is 0.237 e. The molecule has 1 heterocycles. The van der Waals surface area contributed by atoms with Crippen LogP contribution in [0.5, 0.6) is 11.5 Å². The summed E-state index contributed by atoms with van der Waals surface area (Å²) in [7, 11) is 4.94. The SMILES string of the molecule is CNc1nc(S[C@H](C)C(=O)Nc2cc(OC)ccc2OC)nc2ccccc12. The van der Waals surface area contributed by atoms with Crippen molar-refractivity contribution in [2.75, 3.05) is 31.9 Å². The average Bonchev–Trinajstić information content (AvgIpc) is 2.72. The highest BCUT2D eigenvalue weighted by Crippen LogP contribution is 2.31. The molecule has 1 atom stereocenters. The van der Waals surface area contributed by atoms with Crippen molar-refractivity contribution in [3.05, 3.63) is 42.5 Å². The van der Waals surface area contributed by atoms with Gasteiger partial charge in [0.05, 0.1) is 30.7 Å². The number of thioether (sulfide) groups is 1. The fraction of sp³-hybridized carbons (Fsp3) is 0.250. The van der Waals surface area contributed by atoms with Crippen LogP contribution in [-0.2, 0) is 4.79 Å². The van der Waals surface area contributed by atoms with Crippen LogP contribution in [0.25, 0.3) is 10.9 Å². The third-order valence-corrected chi connectivity index (χ3v) is 5.10. The van der Waals surface area contributed by atoms with Crippen LogP contribution in [0, 0.1) is 0 Å². The maximum atomic E-state index is 12.7. The number of anilines is 2. The minimum Gasteiger partial charge on any atom is -0.497 e. The van der Waals surface area contributed by atoms with E-state index in [4.69, 9.17) is 9.47 Å². The van der Waals surface area contributed by atoms with Gasteiger partial charge in [-0.3, -0.25) is 4.79 Å². The van der Waals surface area contributed by atoms with Gasteiger partial charge in [-0.25, -0.2) is 9.97 Å². The quantitative estimate of drug-likeness (QED) is 0.462. The lowest BCUT2D eigenvalue weighted by molar-refractivity contribution is -0.115. The zero-order chi connectivity index (χ0) is 20.1. The predicted octanol–water partition coefficient (Wildman–Crippen LogP) is 3.81. The number of benzene rings is 2. The molecule has 0 spiro atoms. The van der Waals surface area contributed by atoms with Crippen LogP contribution in [0.2, 0.25) is 0 Å². The number of nitrogens with zero attached hydrogens (tertiary/aromatic N) is 2. The smallest absolute Gasteiger partial charge is 0.237 e. The molecule has 0 saturated heterocycles. The lowest BCUT2D eigenvalue weighted by Crippen LogP contribution is -2.23. The molecule has 3 aromatic rings. The van der Waals surface area contributed by atoms with Crippen molar-refractivity contribution in [2.45, 2.75) is 17.3 Å². The van der Waals surface area contributed by atoms with E-state index < -0.39 is 5.25 Å². The molecule has 0 saturated carbocycles. The molecule has 0 aliphatic carbocycles. The van der Waals surface area contributed by atoms with Crippen molar-refractivity contribution < 1.29 is 14.3 Å². The highest BCUT2D eigenvalue weighted by atomic mass is 32.2. The lowest BCUT2D eigenvalue weighted by Gasteiger charge is -2.15. The molecular weight excluding hydrogens is 376 g/mol. The van der Waals surface area contributed by atoms with Crippen LogP contribution < -0.4 is 20.1 Å². The van der Waals surface area contributed by atoms with E-state index >= 15 is 0 Å². The molecule has 3 rings (SSSR count). The van der Waals surface area contributed by atoms with E-state index in [0.29, 0.717) is 22.3 Å². The predicted molar refractivity (Wildman–Crippen MR) is 113 cm³/mol. The largest absolute Gasteiger partial charge is 0.497 e. The maximum absolute atomic E-state index is 12.7. The number of para-hydroxylation sites is 1. The van der Waals surface area contributed by atoms with Gasteiger partial charge in [-0.1, -0.05) is 23.9 Å². The number of hydrogen-bond donors (Lipinski definition) is 2. The van der Waals surface area contributed by atoms with E-state index in [0.717, 1.165) is 16.7 Å². The standard InChI is InChI=1S/C20H22N4O3S/c1-12(19(25)22-16-11-13(26-3)9-10-17(16)27-4)28-20-23-15-8-6-5-7-14(15)18(21-2)24-20/h5-12H,1-4H3,(H,22,25)(H,21,23,24)/t12-/m1/s1. The Kier molecular flexibility index (Phi) is 6.20. The highest BCUT2D eigenvalue weighted by molar-refractivity contribution is 8.00. The number of aromatic nitrogens is 2. The number of methoxy groups -OCH3 is 2. The Bertz CT molecular complexity index is 996. The second-order valence-electron chi connectivity index (χ2n) is 5.94. The summed E-state index contributed by atoms with van der Waals surface area (Å²) in [6, 6.07) is 13.0. The summed E-state index contributed by atoms with van der Waals surface area (Å²) in [6.07, 6.45) is 0. The summed E-state index contributed by atoms with van der Waals surface area (Å²) < 4.78 is 10.5. The van der Waals surface area contributed by atoms with Gasteiger partial charge in [0.15, 0.2) is 5.16 Å². The Hall–Kier alpha value is -3.00. The molecule has 8 heteroatoms. The number of ether oxygens (including phenoxy) is 2. The fourth-order valence-electron chi connectivity index (χ4n) is 2.66. The zero-order valence-corrected chi connectivity index (χ0v) is 17.0. The van der Waals surface area contributed by atoms with Crippen LogP contribution in [0.15, 0.2) is 47.6 Å². The van der Waals surface area contributed by atoms with Crippen LogP contribution in [0.4, 0.5) is 11.5 Å². The van der Waals surface area contributed by atoms with Gasteiger partial charge >= 0.3 is 0 Å². The van der Waals surface area contributed by atoms with Crippen molar-refractivity contribution in [1.29, 1.82) is 0 Å². The third-order valence-electron chi connectivity index (χ3n) is 4.14. The second kappa shape index (κ2) is 8.79. The molecule has 2 aromatic carbocycles. The van der Waals surface area contributed by atoms with Crippen molar-refractivity contribution >= 4 is 40.1 Å². The van der Waals surface area contributed by atoms with Gasteiger partial charge in [0.1, 0.15) is 17.3 Å². The van der Waals surface area contributed by atoms with Crippen LogP contribution >= 0.6 is 11.8 Å². The van der Waals surface area contributed by atoms with Crippen molar-refractivity contribution in [3.63, 3.8) is 0 Å². The van der Waals surface area contributed by atoms with Gasteiger partial charge in [-0.2, -0.15) is 0 Å². The highest BCUT2D eigenvalue weighted by Gasteiger charge is 2.19. The monoisotopic (exact) mass is 398 g/mol. The molecule has 0 bridgehead atoms. The number of fused-ring (bicyclic) bond motifs is 1. The zero-order valence-electron chi connectivity index (χ0n) is 16.1. The Labute approximate surface area is 167 Å². The molecule has 0 fully saturated rings. The van der Waals surface area contributed by atoms with Crippen LogP contribution in [0.1, 0.15) is 6.92 Å². The number of hydrogen-bond acceptors (Lipinski definition) is 7. The Balaban J connectivity index is 1.79. The molecule has 1 aromatic heterocycles. The van der Waals surface area contributed by atoms with Gasteiger partial charge in [-0.05, 0) is 31.2 Å². The van der Waals surface area contributed by atoms with E-state index in [1.807, 2.05) is 38.2 Å². The molecule has 28 heavy (non-hydrogen) atoms. The van der Waals surface area contributed by atoms with Crippen LogP contribution in [0.3, 0.4) is 0 Å². The molecule has 2 N–H and O–H groups in total. The van der Waals surface area contributed by atoms with E-state index in [-0.39, 0.29) is 5.91 Å². The number of amides is 1. The first kappa shape index (κ1) is 19.8. The molecule has 146 valence electrons. The minimum absolute atomic E-state index is 0.181. The molecule has 0 aliphatic rings.